The van der Waals surface area contributed by atoms with E-state index in [9.17, 15) is 4.79 Å². The molecule has 35 heavy (non-hydrogen) atoms. The molecular weight excluding hydrogens is 438 g/mol. The van der Waals surface area contributed by atoms with Gasteiger partial charge in [0.05, 0.1) is 18.2 Å². The van der Waals surface area contributed by atoms with Gasteiger partial charge in [-0.05, 0) is 67.0 Å². The molecule has 2 N–H and O–H groups in total. The minimum atomic E-state index is -0.0735. The van der Waals surface area contributed by atoms with Crippen molar-refractivity contribution in [3.63, 3.8) is 0 Å². The summed E-state index contributed by atoms with van der Waals surface area (Å²) >= 11 is 0. The fraction of sp³-hybridized carbons (Fsp3) is 0.464. The number of methoxy groups -OCH3 is 1. The first-order valence-electron chi connectivity index (χ1n) is 12.5. The number of hydrazine groups is 1. The topological polar surface area (TPSA) is 89.8 Å². The third kappa shape index (κ3) is 5.39. The fourth-order valence-electron chi connectivity index (χ4n) is 5.04. The van der Waals surface area contributed by atoms with Gasteiger partial charge in [0, 0.05) is 37.2 Å². The van der Waals surface area contributed by atoms with E-state index in [0.29, 0.717) is 18.1 Å². The van der Waals surface area contributed by atoms with E-state index in [-0.39, 0.29) is 18.0 Å². The average molecular weight is 474 g/mol. The first-order chi connectivity index (χ1) is 16.9. The molecule has 2 aromatic rings. The molecule has 4 rings (SSSR count). The summed E-state index contributed by atoms with van der Waals surface area (Å²) in [6, 6.07) is 14.2. The monoisotopic (exact) mass is 473 g/mol. The highest BCUT2D eigenvalue weighted by atomic mass is 16.5. The number of likely N-dealkylation sites (tertiary alicyclic amines) is 1. The number of nitrogens with one attached hydrogen (secondary N) is 2. The van der Waals surface area contributed by atoms with Gasteiger partial charge in [-0.15, -0.1) is 0 Å². The Kier molecular flexibility index (Phi) is 7.84. The second-order valence-corrected chi connectivity index (χ2v) is 9.60. The Bertz CT molecular complexity index is 1130. The third-order valence-corrected chi connectivity index (χ3v) is 7.19. The number of benzene rings is 2. The molecular formula is C28H35N5O2. The van der Waals surface area contributed by atoms with Gasteiger partial charge in [0.2, 0.25) is 0 Å². The molecule has 0 bridgehead atoms. The average Bonchev–Trinajstić information content (AvgIpc) is 3.38. The van der Waals surface area contributed by atoms with Crippen LogP contribution in [0.3, 0.4) is 0 Å². The zero-order valence-electron chi connectivity index (χ0n) is 21.1. The minimum absolute atomic E-state index is 0.0735. The molecule has 2 aromatic carbocycles. The number of nitrogens with zero attached hydrogens (tertiary/aromatic N) is 3. The van der Waals surface area contributed by atoms with Crippen LogP contribution in [0.25, 0.3) is 0 Å². The lowest BCUT2D eigenvalue weighted by Gasteiger charge is -2.33. The Hall–Kier alpha value is -3.21. The van der Waals surface area contributed by atoms with Crippen molar-refractivity contribution in [3.05, 3.63) is 69.8 Å². The maximum absolute atomic E-state index is 13.6. The van der Waals surface area contributed by atoms with Crippen molar-refractivity contribution in [2.24, 2.45) is 10.9 Å². The van der Waals surface area contributed by atoms with Crippen molar-refractivity contribution in [2.75, 3.05) is 26.8 Å². The summed E-state index contributed by atoms with van der Waals surface area (Å²) in [6.45, 7) is 8.34. The number of carbonyl (C=O) groups excluding carboxylic acids is 1. The minimum Gasteiger partial charge on any atom is -0.384 e. The number of amides is 1. The number of ether oxygens (including phenoxy) is 1. The zero-order chi connectivity index (χ0) is 24.9. The highest BCUT2D eigenvalue weighted by Crippen LogP contribution is 2.30. The number of aryl methyl sites for hydroxylation is 2. The Morgan fingerprint density at radius 3 is 2.60 bits per heavy atom. The number of amidine groups is 1. The fourth-order valence-corrected chi connectivity index (χ4v) is 5.04. The Morgan fingerprint density at radius 1 is 1.26 bits per heavy atom. The standard InChI is InChI=1S/C28H35N5O2/c1-5-21-14-18(2)24(27-30-26(31-32-27)19(3)17-35-4)15-25(21)28(34)33-12-10-23(11-13-33)22-8-6-20(16-29)7-9-22/h6-9,14-15,19,23,26,31H,5,10-13,17H2,1-4H3,(H,30,32). The van der Waals surface area contributed by atoms with Crippen LogP contribution in [0.15, 0.2) is 41.4 Å². The summed E-state index contributed by atoms with van der Waals surface area (Å²) in [5, 5.41) is 9.04. The maximum atomic E-state index is 13.6. The predicted octanol–water partition coefficient (Wildman–Crippen LogP) is 3.91. The summed E-state index contributed by atoms with van der Waals surface area (Å²) in [5.74, 6) is 1.50. The van der Waals surface area contributed by atoms with Gasteiger partial charge in [-0.2, -0.15) is 5.26 Å². The van der Waals surface area contributed by atoms with Crippen LogP contribution in [-0.2, 0) is 11.2 Å². The van der Waals surface area contributed by atoms with Crippen molar-refractivity contribution in [1.29, 1.82) is 5.26 Å². The van der Waals surface area contributed by atoms with Crippen molar-refractivity contribution in [1.82, 2.24) is 15.8 Å². The highest BCUT2D eigenvalue weighted by molar-refractivity contribution is 6.04. The largest absolute Gasteiger partial charge is 0.384 e. The number of aliphatic imine (C=N–C) groups is 1. The van der Waals surface area contributed by atoms with E-state index in [1.165, 1.54) is 5.56 Å². The molecule has 7 heteroatoms. The van der Waals surface area contributed by atoms with Gasteiger partial charge in [-0.3, -0.25) is 4.79 Å². The van der Waals surface area contributed by atoms with Gasteiger partial charge in [0.1, 0.15) is 12.0 Å². The molecule has 2 aliphatic rings. The second kappa shape index (κ2) is 11.0. The molecule has 0 aromatic heterocycles. The van der Waals surface area contributed by atoms with E-state index in [4.69, 9.17) is 15.0 Å². The van der Waals surface area contributed by atoms with E-state index in [1.807, 2.05) is 35.2 Å². The molecule has 0 spiro atoms. The summed E-state index contributed by atoms with van der Waals surface area (Å²) in [5.41, 5.74) is 12.3. The molecule has 2 aliphatic heterocycles. The predicted molar refractivity (Wildman–Crippen MR) is 137 cm³/mol. The number of piperidine rings is 1. The molecule has 2 atom stereocenters. The zero-order valence-corrected chi connectivity index (χ0v) is 21.1. The van der Waals surface area contributed by atoms with E-state index < -0.39 is 0 Å². The molecule has 0 radical (unpaired) electrons. The molecule has 1 fully saturated rings. The first-order valence-corrected chi connectivity index (χ1v) is 12.5. The van der Waals surface area contributed by atoms with Crippen LogP contribution in [0.4, 0.5) is 0 Å². The van der Waals surface area contributed by atoms with Gasteiger partial charge in [0.15, 0.2) is 0 Å². The summed E-state index contributed by atoms with van der Waals surface area (Å²) in [4.78, 5) is 20.5. The van der Waals surface area contributed by atoms with Crippen LogP contribution in [0.2, 0.25) is 0 Å². The maximum Gasteiger partial charge on any atom is 0.254 e. The van der Waals surface area contributed by atoms with Crippen molar-refractivity contribution < 1.29 is 9.53 Å². The Labute approximate surface area is 208 Å². The van der Waals surface area contributed by atoms with Crippen molar-refractivity contribution in [3.8, 4) is 6.07 Å². The van der Waals surface area contributed by atoms with Crippen LogP contribution in [-0.4, -0.2) is 49.6 Å². The Balaban J connectivity index is 1.51. The van der Waals surface area contributed by atoms with Gasteiger partial charge in [-0.25, -0.2) is 10.4 Å². The smallest absolute Gasteiger partial charge is 0.254 e. The Morgan fingerprint density at radius 2 is 1.97 bits per heavy atom. The van der Waals surface area contributed by atoms with E-state index in [1.54, 1.807) is 7.11 Å². The number of hydrogen-bond acceptors (Lipinski definition) is 6. The van der Waals surface area contributed by atoms with Crippen LogP contribution in [0, 0.1) is 24.2 Å². The van der Waals surface area contributed by atoms with Crippen molar-refractivity contribution >= 4 is 11.7 Å². The molecule has 0 saturated carbocycles. The van der Waals surface area contributed by atoms with E-state index in [0.717, 1.165) is 60.4 Å². The lowest BCUT2D eigenvalue weighted by Crippen LogP contribution is -2.40. The first kappa shape index (κ1) is 24.9. The highest BCUT2D eigenvalue weighted by Gasteiger charge is 2.28. The van der Waals surface area contributed by atoms with Crippen molar-refractivity contribution in [2.45, 2.75) is 52.1 Å². The molecule has 1 saturated heterocycles. The molecule has 2 heterocycles. The molecule has 1 amide bonds. The summed E-state index contributed by atoms with van der Waals surface area (Å²) in [7, 11) is 1.70. The lowest BCUT2D eigenvalue weighted by molar-refractivity contribution is 0.0712. The third-order valence-electron chi connectivity index (χ3n) is 7.19. The van der Waals surface area contributed by atoms with E-state index in [2.05, 4.69) is 43.8 Å². The van der Waals surface area contributed by atoms with Gasteiger partial charge in [-0.1, -0.05) is 32.0 Å². The van der Waals surface area contributed by atoms with Gasteiger partial charge < -0.3 is 15.1 Å². The number of carbonyl (C=O) groups is 1. The lowest BCUT2D eigenvalue weighted by atomic mass is 9.88. The quantitative estimate of drug-likeness (QED) is 0.636. The second-order valence-electron chi connectivity index (χ2n) is 9.60. The summed E-state index contributed by atoms with van der Waals surface area (Å²) in [6.07, 6.45) is 2.58. The SMILES string of the molecule is CCc1cc(C)c(C2=NC(C(C)COC)NN2)cc1C(=O)N1CCC(c2ccc(C#N)cc2)CC1. The van der Waals surface area contributed by atoms with Crippen LogP contribution in [0.1, 0.15) is 70.8 Å². The van der Waals surface area contributed by atoms with Gasteiger partial charge in [0.25, 0.3) is 5.91 Å². The number of rotatable bonds is 7. The molecule has 184 valence electrons. The summed E-state index contributed by atoms with van der Waals surface area (Å²) < 4.78 is 5.27. The van der Waals surface area contributed by atoms with Crippen LogP contribution < -0.4 is 10.9 Å². The molecule has 2 unspecified atom stereocenters. The molecule has 7 nitrogen and oxygen atoms in total. The number of hydrogen-bond donors (Lipinski definition) is 2. The number of nitriles is 1. The van der Waals surface area contributed by atoms with Crippen LogP contribution >= 0.6 is 0 Å². The normalized spacial score (nSPS) is 19.1. The van der Waals surface area contributed by atoms with Crippen LogP contribution in [0.5, 0.6) is 0 Å². The van der Waals surface area contributed by atoms with E-state index >= 15 is 0 Å². The molecule has 0 aliphatic carbocycles. The van der Waals surface area contributed by atoms with Gasteiger partial charge >= 0.3 is 0 Å².